The van der Waals surface area contributed by atoms with Gasteiger partial charge in [0.2, 0.25) is 5.75 Å². The van der Waals surface area contributed by atoms with Crippen molar-refractivity contribution in [1.29, 1.82) is 0 Å². The molecule has 0 aromatic heterocycles. The van der Waals surface area contributed by atoms with Crippen molar-refractivity contribution in [3.63, 3.8) is 0 Å². The number of ether oxygens (including phenoxy) is 1. The lowest BCUT2D eigenvalue weighted by molar-refractivity contribution is -0.394. The van der Waals surface area contributed by atoms with Gasteiger partial charge in [-0.05, 0) is 81.9 Å². The molecular formula is C23H14IN3O7S. The number of hydrogen-bond acceptors (Lipinski definition) is 8. The molecule has 0 saturated carbocycles. The van der Waals surface area contributed by atoms with E-state index in [0.29, 0.717) is 5.56 Å². The number of non-ortho nitro benzene ring substituents is 1. The lowest BCUT2D eigenvalue weighted by atomic mass is 10.2. The van der Waals surface area contributed by atoms with Gasteiger partial charge in [0, 0.05) is 9.64 Å². The number of rotatable bonds is 7. The lowest BCUT2D eigenvalue weighted by Gasteiger charge is -2.12. The fourth-order valence-corrected chi connectivity index (χ4v) is 4.40. The van der Waals surface area contributed by atoms with Crippen LogP contribution in [0.5, 0.6) is 11.5 Å². The van der Waals surface area contributed by atoms with E-state index >= 15 is 0 Å². The number of nitrogens with zero attached hydrogens (tertiary/aromatic N) is 3. The first-order valence-electron chi connectivity index (χ1n) is 9.92. The maximum atomic E-state index is 12.8. The summed E-state index contributed by atoms with van der Waals surface area (Å²) in [5, 5.41) is 21.9. The van der Waals surface area contributed by atoms with Crippen molar-refractivity contribution in [2.24, 2.45) is 0 Å². The zero-order valence-electron chi connectivity index (χ0n) is 17.6. The number of hydrogen-bond donors (Lipinski definition) is 0. The fourth-order valence-electron chi connectivity index (χ4n) is 3.20. The molecule has 10 nitrogen and oxygen atoms in total. The zero-order valence-corrected chi connectivity index (χ0v) is 20.6. The number of carbonyl (C=O) groups is 2. The predicted octanol–water partition coefficient (Wildman–Crippen LogP) is 6.14. The molecule has 0 atom stereocenters. The van der Waals surface area contributed by atoms with Crippen molar-refractivity contribution in [3.8, 4) is 11.5 Å². The summed E-state index contributed by atoms with van der Waals surface area (Å²) in [4.78, 5) is 47.4. The minimum absolute atomic E-state index is 0.159. The Morgan fingerprint density at radius 2 is 1.71 bits per heavy atom. The van der Waals surface area contributed by atoms with Gasteiger partial charge < -0.3 is 4.74 Å². The van der Waals surface area contributed by atoms with E-state index in [-0.39, 0.29) is 28.2 Å². The second-order valence-electron chi connectivity index (χ2n) is 7.24. The second-order valence-corrected chi connectivity index (χ2v) is 9.47. The summed E-state index contributed by atoms with van der Waals surface area (Å²) < 4.78 is 6.65. The Labute approximate surface area is 216 Å². The van der Waals surface area contributed by atoms with E-state index in [0.717, 1.165) is 39.1 Å². The van der Waals surface area contributed by atoms with Crippen molar-refractivity contribution in [2.45, 2.75) is 6.54 Å². The number of benzene rings is 3. The summed E-state index contributed by atoms with van der Waals surface area (Å²) in [6.07, 6.45) is 1.54. The quantitative estimate of drug-likeness (QED) is 0.136. The van der Waals surface area contributed by atoms with E-state index in [1.807, 2.05) is 24.3 Å². The molecule has 12 heteroatoms. The monoisotopic (exact) mass is 603 g/mol. The molecule has 0 unspecified atom stereocenters. The van der Waals surface area contributed by atoms with Crippen molar-refractivity contribution >= 4 is 62.9 Å². The van der Waals surface area contributed by atoms with Crippen LogP contribution in [0.1, 0.15) is 11.1 Å². The number of amides is 2. The maximum Gasteiger partial charge on any atom is 0.318 e. The molecule has 35 heavy (non-hydrogen) atoms. The number of nitro benzene ring substituents is 2. The van der Waals surface area contributed by atoms with Crippen LogP contribution in [-0.2, 0) is 11.3 Å². The van der Waals surface area contributed by atoms with Gasteiger partial charge in [-0.1, -0.05) is 24.3 Å². The molecular weight excluding hydrogens is 589 g/mol. The molecule has 2 amide bonds. The van der Waals surface area contributed by atoms with Gasteiger partial charge in [-0.15, -0.1) is 0 Å². The molecule has 1 fully saturated rings. The Kier molecular flexibility index (Phi) is 7.12. The largest absolute Gasteiger partial charge is 0.450 e. The molecule has 3 aromatic carbocycles. The molecule has 0 N–H and O–H groups in total. The van der Waals surface area contributed by atoms with Crippen LogP contribution >= 0.6 is 34.4 Å². The molecule has 0 aliphatic carbocycles. The molecule has 1 aliphatic heterocycles. The average Bonchev–Trinajstić information content (AvgIpc) is 3.08. The van der Waals surface area contributed by atoms with Crippen LogP contribution in [0.4, 0.5) is 16.2 Å². The van der Waals surface area contributed by atoms with Crippen LogP contribution in [0.15, 0.2) is 71.6 Å². The summed E-state index contributed by atoms with van der Waals surface area (Å²) in [5.74, 6) is -0.375. The van der Waals surface area contributed by atoms with Crippen LogP contribution in [0.2, 0.25) is 0 Å². The van der Waals surface area contributed by atoms with E-state index < -0.39 is 27.1 Å². The number of imide groups is 1. The summed E-state index contributed by atoms with van der Waals surface area (Å²) in [6, 6.07) is 17.0. The van der Waals surface area contributed by atoms with Gasteiger partial charge in [0.1, 0.15) is 5.75 Å². The van der Waals surface area contributed by atoms with Gasteiger partial charge in [0.25, 0.3) is 16.8 Å². The molecule has 0 radical (unpaired) electrons. The van der Waals surface area contributed by atoms with Gasteiger partial charge in [-0.25, -0.2) is 0 Å². The summed E-state index contributed by atoms with van der Waals surface area (Å²) in [6.45, 7) is 0.159. The minimum atomic E-state index is -0.768. The molecule has 176 valence electrons. The van der Waals surface area contributed by atoms with Gasteiger partial charge in [-0.3, -0.25) is 34.7 Å². The highest BCUT2D eigenvalue weighted by Crippen LogP contribution is 2.36. The number of halogens is 1. The fraction of sp³-hybridized carbons (Fsp3) is 0.0435. The van der Waals surface area contributed by atoms with Gasteiger partial charge in [0.15, 0.2) is 0 Å². The van der Waals surface area contributed by atoms with E-state index in [1.165, 1.54) is 17.0 Å². The first-order valence-corrected chi connectivity index (χ1v) is 11.8. The number of carbonyl (C=O) groups excluding carboxylic acids is 2. The van der Waals surface area contributed by atoms with Gasteiger partial charge in [0.05, 0.1) is 27.4 Å². The molecule has 4 rings (SSSR count). The molecule has 3 aromatic rings. The van der Waals surface area contributed by atoms with Crippen molar-refractivity contribution in [1.82, 2.24) is 4.90 Å². The van der Waals surface area contributed by atoms with Crippen LogP contribution in [0.25, 0.3) is 6.08 Å². The zero-order chi connectivity index (χ0) is 25.1. The third-order valence-electron chi connectivity index (χ3n) is 4.86. The molecule has 1 aliphatic rings. The topological polar surface area (TPSA) is 133 Å². The Hall–Kier alpha value is -3.78. The van der Waals surface area contributed by atoms with Crippen molar-refractivity contribution in [3.05, 3.63) is 107 Å². The molecule has 0 spiro atoms. The van der Waals surface area contributed by atoms with Crippen LogP contribution in [-0.4, -0.2) is 25.9 Å². The third kappa shape index (κ3) is 5.66. The van der Waals surface area contributed by atoms with Gasteiger partial charge in [-0.2, -0.15) is 0 Å². The SMILES string of the molecule is O=C1S/C(=C/c2cccc(Oc3ccc([N+](=O)[O-])cc3[N+](=O)[O-])c2)C(=O)N1Cc1ccc(I)cc1. The smallest absolute Gasteiger partial charge is 0.318 e. The van der Waals surface area contributed by atoms with E-state index in [9.17, 15) is 29.8 Å². The normalized spacial score (nSPS) is 14.4. The third-order valence-corrected chi connectivity index (χ3v) is 6.49. The predicted molar refractivity (Wildman–Crippen MR) is 137 cm³/mol. The first-order chi connectivity index (χ1) is 16.7. The van der Waals surface area contributed by atoms with Crippen molar-refractivity contribution in [2.75, 3.05) is 0 Å². The number of nitro groups is 2. The average molecular weight is 603 g/mol. The molecule has 1 saturated heterocycles. The molecule has 0 bridgehead atoms. The van der Waals surface area contributed by atoms with Crippen LogP contribution in [0.3, 0.4) is 0 Å². The van der Waals surface area contributed by atoms with Crippen LogP contribution < -0.4 is 4.74 Å². The highest BCUT2D eigenvalue weighted by molar-refractivity contribution is 14.1. The standard InChI is InChI=1S/C23H14IN3O7S/c24-16-6-4-14(5-7-16)13-25-22(28)21(35-23(25)29)11-15-2-1-3-18(10-15)34-20-9-8-17(26(30)31)12-19(20)27(32)33/h1-12H,13H2/b21-11+. The Bertz CT molecular complexity index is 1390. The minimum Gasteiger partial charge on any atom is -0.450 e. The Balaban J connectivity index is 1.54. The maximum absolute atomic E-state index is 12.8. The van der Waals surface area contributed by atoms with E-state index in [1.54, 1.807) is 18.2 Å². The summed E-state index contributed by atoms with van der Waals surface area (Å²) >= 11 is 2.99. The summed E-state index contributed by atoms with van der Waals surface area (Å²) in [7, 11) is 0. The first kappa shape index (κ1) is 24.3. The van der Waals surface area contributed by atoms with Gasteiger partial charge >= 0.3 is 5.69 Å². The highest BCUT2D eigenvalue weighted by Gasteiger charge is 2.35. The van der Waals surface area contributed by atoms with E-state index in [2.05, 4.69) is 22.6 Å². The second kappa shape index (κ2) is 10.2. The Morgan fingerprint density at radius 1 is 0.971 bits per heavy atom. The lowest BCUT2D eigenvalue weighted by Crippen LogP contribution is -2.27. The van der Waals surface area contributed by atoms with Crippen molar-refractivity contribution < 1.29 is 24.2 Å². The van der Waals surface area contributed by atoms with Crippen LogP contribution in [0, 0.1) is 23.8 Å². The number of thioether (sulfide) groups is 1. The summed E-state index contributed by atoms with van der Waals surface area (Å²) in [5.41, 5.74) is 0.376. The molecule has 1 heterocycles. The highest BCUT2D eigenvalue weighted by atomic mass is 127. The Morgan fingerprint density at radius 3 is 2.40 bits per heavy atom. The van der Waals surface area contributed by atoms with E-state index in [4.69, 9.17) is 4.74 Å².